The smallest absolute Gasteiger partial charge is 0.220 e. The van der Waals surface area contributed by atoms with E-state index in [0.29, 0.717) is 24.3 Å². The van der Waals surface area contributed by atoms with E-state index in [2.05, 4.69) is 19.2 Å². The van der Waals surface area contributed by atoms with Gasteiger partial charge in [-0.3, -0.25) is 4.79 Å². The predicted octanol–water partition coefficient (Wildman–Crippen LogP) is 3.45. The van der Waals surface area contributed by atoms with Gasteiger partial charge in [-0.05, 0) is 48.8 Å². The molecular formula is C16H22FNO. The molecule has 1 amide bonds. The molecule has 19 heavy (non-hydrogen) atoms. The van der Waals surface area contributed by atoms with Crippen molar-refractivity contribution in [3.63, 3.8) is 0 Å². The van der Waals surface area contributed by atoms with E-state index < -0.39 is 0 Å². The lowest BCUT2D eigenvalue weighted by atomic mass is 9.92. The van der Waals surface area contributed by atoms with Gasteiger partial charge in [0.1, 0.15) is 5.82 Å². The van der Waals surface area contributed by atoms with Crippen LogP contribution in [-0.4, -0.2) is 11.9 Å². The summed E-state index contributed by atoms with van der Waals surface area (Å²) in [5.41, 5.74) is 1.36. The van der Waals surface area contributed by atoms with Crippen molar-refractivity contribution in [1.29, 1.82) is 0 Å². The molecule has 1 fully saturated rings. The van der Waals surface area contributed by atoms with E-state index >= 15 is 0 Å². The zero-order chi connectivity index (χ0) is 13.9. The molecule has 1 aliphatic carbocycles. The van der Waals surface area contributed by atoms with Crippen molar-refractivity contribution in [2.45, 2.75) is 52.0 Å². The first-order valence-electron chi connectivity index (χ1n) is 6.98. The second kappa shape index (κ2) is 5.72. The quantitative estimate of drug-likeness (QED) is 0.885. The van der Waals surface area contributed by atoms with Crippen molar-refractivity contribution in [2.75, 3.05) is 0 Å². The summed E-state index contributed by atoms with van der Waals surface area (Å²) in [6.45, 7) is 4.50. The average Bonchev–Trinajstić information content (AvgIpc) is 2.68. The van der Waals surface area contributed by atoms with Crippen LogP contribution in [0.4, 0.5) is 4.39 Å². The Hall–Kier alpha value is -1.38. The molecule has 2 rings (SSSR count). The van der Waals surface area contributed by atoms with Gasteiger partial charge in [0.2, 0.25) is 5.91 Å². The minimum Gasteiger partial charge on any atom is -0.353 e. The van der Waals surface area contributed by atoms with E-state index in [1.807, 2.05) is 0 Å². The summed E-state index contributed by atoms with van der Waals surface area (Å²) in [5, 5.41) is 3.10. The second-order valence-electron chi connectivity index (χ2n) is 6.30. The van der Waals surface area contributed by atoms with Crippen molar-refractivity contribution >= 4 is 5.91 Å². The fourth-order valence-corrected chi connectivity index (χ4v) is 2.77. The highest BCUT2D eigenvalue weighted by atomic mass is 19.1. The highest BCUT2D eigenvalue weighted by molar-refractivity contribution is 5.76. The lowest BCUT2D eigenvalue weighted by molar-refractivity contribution is -0.121. The zero-order valence-electron chi connectivity index (χ0n) is 11.7. The van der Waals surface area contributed by atoms with E-state index in [1.165, 1.54) is 18.6 Å². The molecule has 1 aliphatic rings. The first kappa shape index (κ1) is 14.0. The molecule has 1 aromatic rings. The summed E-state index contributed by atoms with van der Waals surface area (Å²) in [5.74, 6) is -0.131. The molecule has 1 saturated carbocycles. The Kier molecular flexibility index (Phi) is 4.23. The van der Waals surface area contributed by atoms with Crippen LogP contribution in [0.25, 0.3) is 0 Å². The Bertz CT molecular complexity index is 439. The van der Waals surface area contributed by atoms with Gasteiger partial charge in [-0.15, -0.1) is 0 Å². The second-order valence-corrected chi connectivity index (χ2v) is 6.30. The summed E-state index contributed by atoms with van der Waals surface area (Å²) in [6, 6.07) is 6.68. The van der Waals surface area contributed by atoms with Crippen molar-refractivity contribution in [1.82, 2.24) is 5.32 Å². The van der Waals surface area contributed by atoms with Crippen LogP contribution >= 0.6 is 0 Å². The third kappa shape index (κ3) is 4.34. The number of carbonyl (C=O) groups excluding carboxylic acids is 1. The highest BCUT2D eigenvalue weighted by Crippen LogP contribution is 2.36. The summed E-state index contributed by atoms with van der Waals surface area (Å²) in [7, 11) is 0. The first-order valence-corrected chi connectivity index (χ1v) is 6.98. The van der Waals surface area contributed by atoms with Gasteiger partial charge < -0.3 is 5.32 Å². The first-order chi connectivity index (χ1) is 8.94. The molecule has 0 heterocycles. The van der Waals surface area contributed by atoms with Crippen LogP contribution in [0.5, 0.6) is 0 Å². The van der Waals surface area contributed by atoms with Gasteiger partial charge in [0.25, 0.3) is 0 Å². The number of halogens is 1. The maximum Gasteiger partial charge on any atom is 0.220 e. The van der Waals surface area contributed by atoms with Crippen LogP contribution in [0.1, 0.15) is 45.1 Å². The Morgan fingerprint density at radius 3 is 2.63 bits per heavy atom. The highest BCUT2D eigenvalue weighted by Gasteiger charge is 2.31. The Morgan fingerprint density at radius 1 is 1.37 bits per heavy atom. The van der Waals surface area contributed by atoms with E-state index in [-0.39, 0.29) is 11.7 Å². The van der Waals surface area contributed by atoms with Crippen LogP contribution in [-0.2, 0) is 11.2 Å². The number of hydrogen-bond donors (Lipinski definition) is 1. The third-order valence-corrected chi connectivity index (χ3v) is 3.89. The summed E-state index contributed by atoms with van der Waals surface area (Å²) >= 11 is 0. The fraction of sp³-hybridized carbons (Fsp3) is 0.562. The van der Waals surface area contributed by atoms with Gasteiger partial charge in [-0.25, -0.2) is 4.39 Å². The van der Waals surface area contributed by atoms with Crippen molar-refractivity contribution in [2.24, 2.45) is 5.41 Å². The molecule has 1 N–H and O–H groups in total. The van der Waals surface area contributed by atoms with E-state index in [9.17, 15) is 9.18 Å². The number of hydrogen-bond acceptors (Lipinski definition) is 1. The molecule has 1 atom stereocenters. The molecule has 0 radical (unpaired) electrons. The van der Waals surface area contributed by atoms with E-state index in [1.54, 1.807) is 12.1 Å². The monoisotopic (exact) mass is 263 g/mol. The Labute approximate surface area is 114 Å². The SMILES string of the molecule is CC1(C)CCC(NC(=O)CCc2ccc(F)cc2)C1. The zero-order valence-corrected chi connectivity index (χ0v) is 11.7. The molecule has 0 aromatic heterocycles. The molecular weight excluding hydrogens is 241 g/mol. The maximum absolute atomic E-state index is 12.7. The normalized spacial score (nSPS) is 21.3. The van der Waals surface area contributed by atoms with Crippen LogP contribution < -0.4 is 5.32 Å². The third-order valence-electron chi connectivity index (χ3n) is 3.89. The maximum atomic E-state index is 12.7. The summed E-state index contributed by atoms with van der Waals surface area (Å²) in [4.78, 5) is 11.9. The van der Waals surface area contributed by atoms with Crippen LogP contribution in [0.3, 0.4) is 0 Å². The van der Waals surface area contributed by atoms with Crippen molar-refractivity contribution < 1.29 is 9.18 Å². The average molecular weight is 263 g/mol. The standard InChI is InChI=1S/C16H22FNO/c1-16(2)10-9-14(11-16)18-15(19)8-5-12-3-6-13(17)7-4-12/h3-4,6-7,14H,5,8-11H2,1-2H3,(H,18,19). The van der Waals surface area contributed by atoms with Crippen LogP contribution in [0, 0.1) is 11.2 Å². The molecule has 3 heteroatoms. The lowest BCUT2D eigenvalue weighted by Crippen LogP contribution is -2.33. The van der Waals surface area contributed by atoms with Crippen molar-refractivity contribution in [3.05, 3.63) is 35.6 Å². The van der Waals surface area contributed by atoms with Gasteiger partial charge in [-0.1, -0.05) is 26.0 Å². The van der Waals surface area contributed by atoms with Crippen LogP contribution in [0.15, 0.2) is 24.3 Å². The van der Waals surface area contributed by atoms with Crippen molar-refractivity contribution in [3.8, 4) is 0 Å². The number of benzene rings is 1. The van der Waals surface area contributed by atoms with E-state index in [4.69, 9.17) is 0 Å². The molecule has 104 valence electrons. The largest absolute Gasteiger partial charge is 0.353 e. The number of rotatable bonds is 4. The molecule has 0 spiro atoms. The number of amides is 1. The van der Waals surface area contributed by atoms with Gasteiger partial charge in [0.05, 0.1) is 0 Å². The van der Waals surface area contributed by atoms with Gasteiger partial charge in [-0.2, -0.15) is 0 Å². The Morgan fingerprint density at radius 2 is 2.05 bits per heavy atom. The molecule has 0 aliphatic heterocycles. The molecule has 0 saturated heterocycles. The lowest BCUT2D eigenvalue weighted by Gasteiger charge is -2.17. The minimum absolute atomic E-state index is 0.104. The summed E-state index contributed by atoms with van der Waals surface area (Å²) < 4.78 is 12.7. The predicted molar refractivity (Wildman–Crippen MR) is 74.3 cm³/mol. The number of nitrogens with one attached hydrogen (secondary N) is 1. The van der Waals surface area contributed by atoms with Crippen LogP contribution in [0.2, 0.25) is 0 Å². The van der Waals surface area contributed by atoms with E-state index in [0.717, 1.165) is 18.4 Å². The molecule has 1 aromatic carbocycles. The van der Waals surface area contributed by atoms with Gasteiger partial charge in [0.15, 0.2) is 0 Å². The molecule has 1 unspecified atom stereocenters. The number of aryl methyl sites for hydroxylation is 1. The minimum atomic E-state index is -0.235. The van der Waals surface area contributed by atoms with Gasteiger partial charge >= 0.3 is 0 Å². The van der Waals surface area contributed by atoms with Gasteiger partial charge in [0, 0.05) is 12.5 Å². The number of carbonyl (C=O) groups is 1. The fourth-order valence-electron chi connectivity index (χ4n) is 2.77. The topological polar surface area (TPSA) is 29.1 Å². The molecule has 0 bridgehead atoms. The Balaban J connectivity index is 1.74. The molecule has 2 nitrogen and oxygen atoms in total. The summed E-state index contributed by atoms with van der Waals surface area (Å²) in [6.07, 6.45) is 4.46.